The van der Waals surface area contributed by atoms with Crippen LogP contribution < -0.4 is 27.0 Å². The average molecular weight is 372 g/mol. The van der Waals surface area contributed by atoms with Crippen LogP contribution in [0.4, 0.5) is 17.1 Å². The molecular weight excluding hydrogens is 348 g/mol. The Bertz CT molecular complexity index is 924. The Morgan fingerprint density at radius 1 is 1.15 bits per heavy atom. The standard InChI is InChI=1S/C19H24N4O4/c1-22(2)19(27)12-9-6-10-13(16(12)24)21-14-15(18(26)17(14)25)23(20)11-7-4-3-5-8-11/h6,9-11,21,24H,3-5,7-8,20H2,1-2H3. The number of nitrogens with two attached hydrogens (primary N) is 1. The molecule has 2 aromatic carbocycles. The minimum Gasteiger partial charge on any atom is -0.505 e. The highest BCUT2D eigenvalue weighted by Gasteiger charge is 2.30. The van der Waals surface area contributed by atoms with Gasteiger partial charge in [0.2, 0.25) is 0 Å². The molecule has 8 heteroatoms. The molecule has 1 aliphatic rings. The first-order valence-electron chi connectivity index (χ1n) is 9.00. The molecule has 0 saturated heterocycles. The summed E-state index contributed by atoms with van der Waals surface area (Å²) in [5, 5.41) is 14.6. The number of nitrogens with one attached hydrogen (secondary N) is 1. The lowest BCUT2D eigenvalue weighted by Crippen LogP contribution is -2.50. The van der Waals surface area contributed by atoms with Crippen LogP contribution in [-0.4, -0.2) is 36.1 Å². The van der Waals surface area contributed by atoms with Crippen molar-refractivity contribution in [2.75, 3.05) is 24.4 Å². The number of benzene rings is 1. The number of nitrogens with zero attached hydrogens (tertiary/aromatic N) is 2. The van der Waals surface area contributed by atoms with E-state index in [9.17, 15) is 19.5 Å². The van der Waals surface area contributed by atoms with Crippen LogP contribution in [0.5, 0.6) is 5.75 Å². The van der Waals surface area contributed by atoms with Gasteiger partial charge >= 0.3 is 0 Å². The number of aromatic hydroxyl groups is 1. The van der Waals surface area contributed by atoms with Crippen LogP contribution in [0.2, 0.25) is 0 Å². The zero-order chi connectivity index (χ0) is 19.7. The van der Waals surface area contributed by atoms with Crippen LogP contribution in [0, 0.1) is 0 Å². The smallest absolute Gasteiger partial charge is 0.257 e. The SMILES string of the molecule is CN(C)C(=O)c1cccc(Nc2c(N(N)C3CCCCC3)c(=O)c2=O)c1O. The normalized spacial score (nSPS) is 14.9. The van der Waals surface area contributed by atoms with E-state index in [0.717, 1.165) is 32.1 Å². The topological polar surface area (TPSA) is 116 Å². The molecule has 144 valence electrons. The van der Waals surface area contributed by atoms with Crippen molar-refractivity contribution in [1.29, 1.82) is 0 Å². The molecule has 2 aromatic rings. The molecule has 1 amide bonds. The second-order valence-electron chi connectivity index (χ2n) is 7.11. The zero-order valence-electron chi connectivity index (χ0n) is 15.5. The second kappa shape index (κ2) is 7.40. The van der Waals surface area contributed by atoms with Gasteiger partial charge in [-0.05, 0) is 25.0 Å². The van der Waals surface area contributed by atoms with E-state index in [1.807, 2.05) is 0 Å². The van der Waals surface area contributed by atoms with Gasteiger partial charge in [0.15, 0.2) is 5.75 Å². The van der Waals surface area contributed by atoms with Crippen molar-refractivity contribution in [3.8, 4) is 5.75 Å². The molecule has 0 radical (unpaired) electrons. The predicted molar refractivity (Wildman–Crippen MR) is 104 cm³/mol. The molecule has 0 atom stereocenters. The Labute approximate surface area is 156 Å². The number of phenolic OH excluding ortho intramolecular Hbond substituents is 1. The van der Waals surface area contributed by atoms with Crippen LogP contribution in [0.25, 0.3) is 0 Å². The maximum absolute atomic E-state index is 12.2. The molecule has 4 N–H and O–H groups in total. The summed E-state index contributed by atoms with van der Waals surface area (Å²) in [6, 6.07) is 4.62. The number of hydrazine groups is 1. The Hall–Kier alpha value is -2.87. The Kier molecular flexibility index (Phi) is 5.18. The Balaban J connectivity index is 1.90. The van der Waals surface area contributed by atoms with Crippen molar-refractivity contribution in [3.05, 3.63) is 44.2 Å². The van der Waals surface area contributed by atoms with Gasteiger partial charge in [0.25, 0.3) is 16.8 Å². The molecule has 0 aliphatic heterocycles. The number of rotatable bonds is 5. The van der Waals surface area contributed by atoms with E-state index in [2.05, 4.69) is 5.32 Å². The van der Waals surface area contributed by atoms with Crippen LogP contribution in [0.1, 0.15) is 42.5 Å². The van der Waals surface area contributed by atoms with Gasteiger partial charge in [-0.1, -0.05) is 25.3 Å². The third-order valence-corrected chi connectivity index (χ3v) is 5.04. The minimum atomic E-state index is -0.681. The number of hydrogen-bond acceptors (Lipinski definition) is 7. The first kappa shape index (κ1) is 18.9. The predicted octanol–water partition coefficient (Wildman–Crippen LogP) is 1.45. The summed E-state index contributed by atoms with van der Waals surface area (Å²) >= 11 is 0. The quantitative estimate of drug-likeness (QED) is 0.315. The summed E-state index contributed by atoms with van der Waals surface area (Å²) in [5.41, 5.74) is -0.853. The third kappa shape index (κ3) is 3.40. The summed E-state index contributed by atoms with van der Waals surface area (Å²) in [6.07, 6.45) is 4.94. The number of amides is 1. The van der Waals surface area contributed by atoms with E-state index < -0.39 is 10.9 Å². The summed E-state index contributed by atoms with van der Waals surface area (Å²) in [5.74, 6) is 5.49. The summed E-state index contributed by atoms with van der Waals surface area (Å²) in [6.45, 7) is 0. The molecule has 0 aromatic heterocycles. The molecule has 0 unspecified atom stereocenters. The van der Waals surface area contributed by atoms with Crippen molar-refractivity contribution in [2.24, 2.45) is 5.84 Å². The van der Waals surface area contributed by atoms with Crippen LogP contribution in [0.15, 0.2) is 27.8 Å². The van der Waals surface area contributed by atoms with Gasteiger partial charge < -0.3 is 20.3 Å². The van der Waals surface area contributed by atoms with E-state index >= 15 is 0 Å². The maximum Gasteiger partial charge on any atom is 0.257 e. The van der Waals surface area contributed by atoms with Gasteiger partial charge in [0.1, 0.15) is 11.4 Å². The number of carbonyl (C=O) groups is 1. The number of para-hydroxylation sites is 1. The molecule has 1 saturated carbocycles. The molecule has 0 spiro atoms. The fourth-order valence-electron chi connectivity index (χ4n) is 3.48. The number of hydrogen-bond donors (Lipinski definition) is 3. The second-order valence-corrected chi connectivity index (χ2v) is 7.11. The molecule has 0 bridgehead atoms. The molecule has 8 nitrogen and oxygen atoms in total. The Morgan fingerprint density at radius 3 is 2.44 bits per heavy atom. The largest absolute Gasteiger partial charge is 0.505 e. The average Bonchev–Trinajstić information content (AvgIpc) is 2.68. The number of phenols is 1. The van der Waals surface area contributed by atoms with Gasteiger partial charge in [0, 0.05) is 20.1 Å². The zero-order valence-corrected chi connectivity index (χ0v) is 15.5. The summed E-state index contributed by atoms with van der Waals surface area (Å²) in [4.78, 5) is 37.7. The van der Waals surface area contributed by atoms with Crippen LogP contribution >= 0.6 is 0 Å². The highest BCUT2D eigenvalue weighted by atomic mass is 16.3. The van der Waals surface area contributed by atoms with E-state index in [1.54, 1.807) is 20.2 Å². The van der Waals surface area contributed by atoms with Gasteiger partial charge in [-0.25, -0.2) is 5.84 Å². The molecule has 0 heterocycles. The van der Waals surface area contributed by atoms with Crippen LogP contribution in [0.3, 0.4) is 0 Å². The first-order chi connectivity index (χ1) is 12.8. The Morgan fingerprint density at radius 2 is 1.81 bits per heavy atom. The monoisotopic (exact) mass is 372 g/mol. The summed E-state index contributed by atoms with van der Waals surface area (Å²) in [7, 11) is 3.15. The van der Waals surface area contributed by atoms with Gasteiger partial charge in [-0.2, -0.15) is 0 Å². The van der Waals surface area contributed by atoms with E-state index in [1.165, 1.54) is 22.0 Å². The van der Waals surface area contributed by atoms with Crippen molar-refractivity contribution < 1.29 is 9.90 Å². The fraction of sp³-hybridized carbons (Fsp3) is 0.421. The first-order valence-corrected chi connectivity index (χ1v) is 9.00. The molecule has 3 rings (SSSR count). The molecule has 1 aliphatic carbocycles. The molecule has 27 heavy (non-hydrogen) atoms. The van der Waals surface area contributed by atoms with Gasteiger partial charge in [0.05, 0.1) is 11.3 Å². The highest BCUT2D eigenvalue weighted by Crippen LogP contribution is 2.34. The maximum atomic E-state index is 12.2. The van der Waals surface area contributed by atoms with Gasteiger partial charge in [-0.3, -0.25) is 14.4 Å². The van der Waals surface area contributed by atoms with E-state index in [0.29, 0.717) is 0 Å². The van der Waals surface area contributed by atoms with Crippen molar-refractivity contribution in [2.45, 2.75) is 38.1 Å². The highest BCUT2D eigenvalue weighted by molar-refractivity contribution is 5.99. The van der Waals surface area contributed by atoms with E-state index in [4.69, 9.17) is 5.84 Å². The molecular formula is C19H24N4O4. The fourth-order valence-corrected chi connectivity index (χ4v) is 3.48. The van der Waals surface area contributed by atoms with E-state index in [-0.39, 0.29) is 40.3 Å². The lowest BCUT2D eigenvalue weighted by molar-refractivity contribution is 0.0824. The van der Waals surface area contributed by atoms with Crippen LogP contribution in [-0.2, 0) is 0 Å². The van der Waals surface area contributed by atoms with Crippen molar-refractivity contribution in [3.63, 3.8) is 0 Å². The lowest BCUT2D eigenvalue weighted by Gasteiger charge is -2.33. The van der Waals surface area contributed by atoms with Crippen molar-refractivity contribution >= 4 is 23.0 Å². The molecule has 1 fully saturated rings. The summed E-state index contributed by atoms with van der Waals surface area (Å²) < 4.78 is 0. The number of anilines is 3. The van der Waals surface area contributed by atoms with Crippen molar-refractivity contribution in [1.82, 2.24) is 4.90 Å². The lowest BCUT2D eigenvalue weighted by atomic mass is 9.94. The van der Waals surface area contributed by atoms with Gasteiger partial charge in [-0.15, -0.1) is 0 Å². The minimum absolute atomic E-state index is 0.0119. The third-order valence-electron chi connectivity index (χ3n) is 5.04. The number of carbonyl (C=O) groups excluding carboxylic acids is 1.